The van der Waals surface area contributed by atoms with Crippen LogP contribution in [0.4, 0.5) is 20.3 Å². The topological polar surface area (TPSA) is 50.7 Å². The third kappa shape index (κ3) is 2.06. The maximum atomic E-state index is 13.3. The molecule has 3 heterocycles. The highest BCUT2D eigenvalue weighted by atomic mass is 32.1. The predicted octanol–water partition coefficient (Wildman–Crippen LogP) is 4.26. The van der Waals surface area contributed by atoms with Gasteiger partial charge in [0.1, 0.15) is 11.2 Å². The molecule has 0 radical (unpaired) electrons. The van der Waals surface area contributed by atoms with Gasteiger partial charge in [0, 0.05) is 23.3 Å². The summed E-state index contributed by atoms with van der Waals surface area (Å²) in [6.45, 7) is 0. The van der Waals surface area contributed by atoms with Gasteiger partial charge in [0.05, 0.1) is 10.2 Å². The minimum atomic E-state index is -0.909. The van der Waals surface area contributed by atoms with Crippen LogP contribution >= 0.6 is 11.3 Å². The monoisotopic (exact) mass is 314 g/mol. The van der Waals surface area contributed by atoms with Gasteiger partial charge in [-0.25, -0.2) is 23.7 Å². The molecule has 0 saturated heterocycles. The quantitative estimate of drug-likeness (QED) is 0.600. The Hall–Kier alpha value is -2.67. The summed E-state index contributed by atoms with van der Waals surface area (Å²) in [6, 6.07) is 7.41. The third-order valence-corrected chi connectivity index (χ3v) is 4.32. The molecule has 22 heavy (non-hydrogen) atoms. The number of hydrogen-bond acceptors (Lipinski definition) is 5. The van der Waals surface area contributed by atoms with E-state index in [1.807, 2.05) is 12.1 Å². The molecule has 4 aromatic rings. The van der Waals surface area contributed by atoms with Crippen LogP contribution in [0, 0.1) is 11.6 Å². The third-order valence-electron chi connectivity index (χ3n) is 3.21. The molecule has 1 aromatic carbocycles. The van der Waals surface area contributed by atoms with Crippen molar-refractivity contribution in [1.29, 1.82) is 0 Å². The molecule has 0 saturated carbocycles. The lowest BCUT2D eigenvalue weighted by Gasteiger charge is -2.06. The molecule has 0 aliphatic rings. The molecule has 108 valence electrons. The lowest BCUT2D eigenvalue weighted by Crippen LogP contribution is -1.96. The normalized spacial score (nSPS) is 11.2. The van der Waals surface area contributed by atoms with Gasteiger partial charge >= 0.3 is 0 Å². The second-order valence-electron chi connectivity index (χ2n) is 4.61. The van der Waals surface area contributed by atoms with E-state index in [4.69, 9.17) is 0 Å². The maximum Gasteiger partial charge on any atom is 0.160 e. The number of aromatic nitrogens is 3. The zero-order chi connectivity index (χ0) is 15.1. The van der Waals surface area contributed by atoms with Gasteiger partial charge < -0.3 is 5.32 Å². The lowest BCUT2D eigenvalue weighted by molar-refractivity contribution is 0.509. The smallest absolute Gasteiger partial charge is 0.160 e. The SMILES string of the molecule is Fc1ccc(Nc2ncnc3c2sc2ncccc23)cc1F. The molecular weight excluding hydrogens is 306 g/mol. The van der Waals surface area contributed by atoms with E-state index in [9.17, 15) is 8.78 Å². The van der Waals surface area contributed by atoms with E-state index in [-0.39, 0.29) is 0 Å². The number of benzene rings is 1. The molecule has 0 atom stereocenters. The van der Waals surface area contributed by atoms with Gasteiger partial charge in [-0.1, -0.05) is 0 Å². The van der Waals surface area contributed by atoms with E-state index in [2.05, 4.69) is 20.3 Å². The fourth-order valence-corrected chi connectivity index (χ4v) is 3.25. The van der Waals surface area contributed by atoms with Crippen molar-refractivity contribution in [3.63, 3.8) is 0 Å². The second-order valence-corrected chi connectivity index (χ2v) is 5.61. The van der Waals surface area contributed by atoms with E-state index in [1.165, 1.54) is 23.7 Å². The number of nitrogens with zero attached hydrogens (tertiary/aromatic N) is 3. The molecule has 0 aliphatic carbocycles. The molecule has 0 amide bonds. The van der Waals surface area contributed by atoms with Crippen LogP contribution in [0.15, 0.2) is 42.9 Å². The zero-order valence-corrected chi connectivity index (χ0v) is 11.9. The number of hydrogen-bond donors (Lipinski definition) is 1. The Morgan fingerprint density at radius 1 is 1.00 bits per heavy atom. The van der Waals surface area contributed by atoms with Gasteiger partial charge in [-0.2, -0.15) is 0 Å². The molecule has 4 nitrogen and oxygen atoms in total. The number of fused-ring (bicyclic) bond motifs is 3. The fraction of sp³-hybridized carbons (Fsp3) is 0. The predicted molar refractivity (Wildman–Crippen MR) is 82.4 cm³/mol. The molecule has 0 unspecified atom stereocenters. The Labute approximate surface area is 127 Å². The van der Waals surface area contributed by atoms with Crippen LogP contribution in [0.3, 0.4) is 0 Å². The summed E-state index contributed by atoms with van der Waals surface area (Å²) in [5.41, 5.74) is 1.21. The van der Waals surface area contributed by atoms with Crippen molar-refractivity contribution in [1.82, 2.24) is 15.0 Å². The van der Waals surface area contributed by atoms with Crippen LogP contribution in [0.1, 0.15) is 0 Å². The molecule has 0 spiro atoms. The highest BCUT2D eigenvalue weighted by molar-refractivity contribution is 7.25. The van der Waals surface area contributed by atoms with Gasteiger partial charge in [-0.15, -0.1) is 11.3 Å². The van der Waals surface area contributed by atoms with E-state index in [1.54, 1.807) is 6.20 Å². The van der Waals surface area contributed by atoms with Crippen LogP contribution < -0.4 is 5.32 Å². The summed E-state index contributed by atoms with van der Waals surface area (Å²) in [4.78, 5) is 13.6. The highest BCUT2D eigenvalue weighted by Gasteiger charge is 2.12. The Morgan fingerprint density at radius 3 is 2.77 bits per heavy atom. The molecule has 7 heteroatoms. The first-order valence-electron chi connectivity index (χ1n) is 6.43. The molecule has 1 N–H and O–H groups in total. The second kappa shape index (κ2) is 4.96. The largest absolute Gasteiger partial charge is 0.339 e. The van der Waals surface area contributed by atoms with Gasteiger partial charge in [-0.3, -0.25) is 0 Å². The minimum absolute atomic E-state index is 0.421. The van der Waals surface area contributed by atoms with Gasteiger partial charge in [0.25, 0.3) is 0 Å². The Balaban J connectivity index is 1.86. The van der Waals surface area contributed by atoms with E-state index in [0.717, 1.165) is 32.6 Å². The molecule has 0 fully saturated rings. The van der Waals surface area contributed by atoms with Crippen LogP contribution in [-0.4, -0.2) is 15.0 Å². The average Bonchev–Trinajstić information content (AvgIpc) is 2.91. The molecule has 0 bridgehead atoms. The Kier molecular flexibility index (Phi) is 2.93. The van der Waals surface area contributed by atoms with E-state index >= 15 is 0 Å². The Morgan fingerprint density at radius 2 is 1.91 bits per heavy atom. The molecule has 4 rings (SSSR count). The first-order chi connectivity index (χ1) is 10.7. The number of anilines is 2. The molecular formula is C15H8F2N4S. The molecule has 0 aliphatic heterocycles. The summed E-state index contributed by atoms with van der Waals surface area (Å²) in [5.74, 6) is -1.25. The number of thiophene rings is 1. The van der Waals surface area contributed by atoms with Crippen LogP contribution in [0.5, 0.6) is 0 Å². The van der Waals surface area contributed by atoms with Crippen LogP contribution in [-0.2, 0) is 0 Å². The van der Waals surface area contributed by atoms with Crippen molar-refractivity contribution >= 4 is 43.3 Å². The van der Waals surface area contributed by atoms with Gasteiger partial charge in [0.15, 0.2) is 17.5 Å². The van der Waals surface area contributed by atoms with Crippen molar-refractivity contribution < 1.29 is 8.78 Å². The average molecular weight is 314 g/mol. The van der Waals surface area contributed by atoms with Crippen molar-refractivity contribution in [3.05, 3.63) is 54.5 Å². The zero-order valence-electron chi connectivity index (χ0n) is 11.0. The lowest BCUT2D eigenvalue weighted by atomic mass is 10.3. The van der Waals surface area contributed by atoms with Crippen LogP contribution in [0.2, 0.25) is 0 Å². The first-order valence-corrected chi connectivity index (χ1v) is 7.24. The summed E-state index contributed by atoms with van der Waals surface area (Å²) in [6.07, 6.45) is 3.15. The van der Waals surface area contributed by atoms with Crippen LogP contribution in [0.25, 0.3) is 20.4 Å². The minimum Gasteiger partial charge on any atom is -0.339 e. The number of rotatable bonds is 2. The van der Waals surface area contributed by atoms with Crippen molar-refractivity contribution in [2.75, 3.05) is 5.32 Å². The molecule has 3 aromatic heterocycles. The van der Waals surface area contributed by atoms with Crippen molar-refractivity contribution in [2.24, 2.45) is 0 Å². The number of halogens is 2. The van der Waals surface area contributed by atoms with E-state index in [0.29, 0.717) is 11.5 Å². The van der Waals surface area contributed by atoms with Gasteiger partial charge in [0.2, 0.25) is 0 Å². The fourth-order valence-electron chi connectivity index (χ4n) is 2.21. The van der Waals surface area contributed by atoms with E-state index < -0.39 is 11.6 Å². The van der Waals surface area contributed by atoms with Crippen molar-refractivity contribution in [3.8, 4) is 0 Å². The summed E-state index contributed by atoms with van der Waals surface area (Å²) < 4.78 is 27.1. The Bertz CT molecular complexity index is 999. The highest BCUT2D eigenvalue weighted by Crippen LogP contribution is 2.35. The maximum absolute atomic E-state index is 13.3. The summed E-state index contributed by atoms with van der Waals surface area (Å²) in [7, 11) is 0. The number of nitrogens with one attached hydrogen (secondary N) is 1. The first kappa shape index (κ1) is 13.0. The summed E-state index contributed by atoms with van der Waals surface area (Å²) in [5, 5.41) is 3.94. The van der Waals surface area contributed by atoms with Gasteiger partial charge in [-0.05, 0) is 24.3 Å². The number of pyridine rings is 1. The summed E-state index contributed by atoms with van der Waals surface area (Å²) >= 11 is 1.45. The van der Waals surface area contributed by atoms with Crippen molar-refractivity contribution in [2.45, 2.75) is 0 Å². The standard InChI is InChI=1S/C15H8F2N4S/c16-10-4-3-8(6-11(10)17)21-14-13-12(19-7-20-14)9-2-1-5-18-15(9)22-13/h1-7H,(H,19,20,21).